The molecular weight excluding hydrogens is 348 g/mol. The average Bonchev–Trinajstić information content (AvgIpc) is 3.17. The first-order valence-electron chi connectivity index (χ1n) is 10.2. The monoisotopic (exact) mass is 382 g/mol. The van der Waals surface area contributed by atoms with E-state index in [-0.39, 0.29) is 0 Å². The lowest BCUT2D eigenvalue weighted by Crippen LogP contribution is -2.28. The molecule has 28 heavy (non-hydrogen) atoms. The van der Waals surface area contributed by atoms with Crippen LogP contribution in [0.25, 0.3) is 0 Å². The third-order valence-electron chi connectivity index (χ3n) is 5.61. The minimum absolute atomic E-state index is 0.310. The second-order valence-electron chi connectivity index (χ2n) is 8.00. The molecule has 1 fully saturated rings. The van der Waals surface area contributed by atoms with Crippen molar-refractivity contribution in [1.82, 2.24) is 21.1 Å². The Morgan fingerprint density at radius 1 is 1.14 bits per heavy atom. The van der Waals surface area contributed by atoms with Gasteiger partial charge in [-0.2, -0.15) is 0 Å². The van der Waals surface area contributed by atoms with Crippen LogP contribution in [0.5, 0.6) is 5.75 Å². The molecule has 0 amide bonds. The highest BCUT2D eigenvalue weighted by Crippen LogP contribution is 2.26. The third kappa shape index (κ3) is 5.55. The lowest BCUT2D eigenvalue weighted by atomic mass is 9.94. The predicted octanol–water partition coefficient (Wildman–Crippen LogP) is 3.09. The number of hydrogen-bond donors (Lipinski definition) is 3. The molecule has 0 radical (unpaired) electrons. The summed E-state index contributed by atoms with van der Waals surface area (Å²) in [5.74, 6) is 1.40. The Kier molecular flexibility index (Phi) is 7.45. The highest BCUT2D eigenvalue weighted by atomic mass is 16.5. The van der Waals surface area contributed by atoms with E-state index in [1.807, 2.05) is 12.1 Å². The van der Waals surface area contributed by atoms with Crippen molar-refractivity contribution in [3.8, 4) is 5.75 Å². The van der Waals surface area contributed by atoms with Crippen LogP contribution in [0.4, 0.5) is 0 Å². The summed E-state index contributed by atoms with van der Waals surface area (Å²) in [6, 6.07) is 18.1. The summed E-state index contributed by atoms with van der Waals surface area (Å²) in [5, 5.41) is 3.65. The quantitative estimate of drug-likeness (QED) is 0.622. The molecule has 3 rings (SSSR count). The van der Waals surface area contributed by atoms with Crippen molar-refractivity contribution in [2.45, 2.75) is 39.0 Å². The smallest absolute Gasteiger partial charge is 0.118 e. The van der Waals surface area contributed by atoms with Gasteiger partial charge in [0.05, 0.1) is 13.2 Å². The summed E-state index contributed by atoms with van der Waals surface area (Å²) < 4.78 is 5.27. The molecule has 1 saturated heterocycles. The maximum atomic E-state index is 5.27. The van der Waals surface area contributed by atoms with Crippen LogP contribution in [-0.4, -0.2) is 38.2 Å². The Morgan fingerprint density at radius 3 is 2.61 bits per heavy atom. The molecule has 0 spiro atoms. The molecule has 1 aliphatic heterocycles. The molecule has 2 unspecified atom stereocenters. The summed E-state index contributed by atoms with van der Waals surface area (Å²) in [5.41, 5.74) is 10.7. The zero-order chi connectivity index (χ0) is 19.9. The molecule has 2 aromatic rings. The fraction of sp³-hybridized carbons (Fsp3) is 0.478. The van der Waals surface area contributed by atoms with Crippen molar-refractivity contribution in [3.05, 3.63) is 65.2 Å². The predicted molar refractivity (Wildman–Crippen MR) is 115 cm³/mol. The van der Waals surface area contributed by atoms with Crippen LogP contribution in [-0.2, 0) is 13.1 Å². The summed E-state index contributed by atoms with van der Waals surface area (Å²) in [7, 11) is 3.88. The maximum absolute atomic E-state index is 5.27. The van der Waals surface area contributed by atoms with E-state index >= 15 is 0 Å². The second kappa shape index (κ2) is 10.0. The van der Waals surface area contributed by atoms with Crippen LogP contribution in [0.1, 0.15) is 36.6 Å². The zero-order valence-corrected chi connectivity index (χ0v) is 17.5. The van der Waals surface area contributed by atoms with E-state index in [2.05, 4.69) is 78.4 Å². The lowest BCUT2D eigenvalue weighted by molar-refractivity contribution is 0.265. The molecule has 0 bridgehead atoms. The fourth-order valence-electron chi connectivity index (χ4n) is 3.60. The van der Waals surface area contributed by atoms with Gasteiger partial charge in [0.15, 0.2) is 0 Å². The Morgan fingerprint density at radius 2 is 1.89 bits per heavy atom. The van der Waals surface area contributed by atoms with Gasteiger partial charge in [-0.15, -0.1) is 0 Å². The summed E-state index contributed by atoms with van der Waals surface area (Å²) in [6.07, 6.45) is 0. The molecule has 0 aromatic heterocycles. The number of ether oxygens (including phenoxy) is 1. The number of hydrogen-bond acceptors (Lipinski definition) is 5. The molecule has 1 aliphatic rings. The van der Waals surface area contributed by atoms with E-state index in [1.54, 1.807) is 7.11 Å². The molecule has 0 aliphatic carbocycles. The van der Waals surface area contributed by atoms with Gasteiger partial charge in [0, 0.05) is 38.1 Å². The first-order chi connectivity index (χ1) is 13.6. The van der Waals surface area contributed by atoms with Crippen LogP contribution in [0.3, 0.4) is 0 Å². The van der Waals surface area contributed by atoms with E-state index in [0.717, 1.165) is 31.9 Å². The molecule has 5 heteroatoms. The van der Waals surface area contributed by atoms with Crippen molar-refractivity contribution in [1.29, 1.82) is 0 Å². The molecule has 3 N–H and O–H groups in total. The average molecular weight is 383 g/mol. The van der Waals surface area contributed by atoms with Gasteiger partial charge in [0.2, 0.25) is 0 Å². The number of methoxy groups -OCH3 is 1. The van der Waals surface area contributed by atoms with E-state index in [0.29, 0.717) is 18.0 Å². The van der Waals surface area contributed by atoms with Crippen molar-refractivity contribution < 1.29 is 4.74 Å². The van der Waals surface area contributed by atoms with E-state index in [1.165, 1.54) is 16.7 Å². The summed E-state index contributed by atoms with van der Waals surface area (Å²) >= 11 is 0. The van der Waals surface area contributed by atoms with Gasteiger partial charge in [-0.1, -0.05) is 36.4 Å². The second-order valence-corrected chi connectivity index (χ2v) is 8.00. The summed E-state index contributed by atoms with van der Waals surface area (Å²) in [4.78, 5) is 2.36. The topological polar surface area (TPSA) is 48.6 Å². The molecular formula is C23H34N4O. The van der Waals surface area contributed by atoms with Crippen LogP contribution in [0.2, 0.25) is 0 Å². The SMILES string of the molecule is COc1ccc(C2NNCC2CNCc2cccc(CN(C)C(C)C)c2)cc1. The first-order valence-corrected chi connectivity index (χ1v) is 10.2. The van der Waals surface area contributed by atoms with Crippen LogP contribution < -0.4 is 20.9 Å². The highest BCUT2D eigenvalue weighted by Gasteiger charge is 2.27. The molecule has 5 nitrogen and oxygen atoms in total. The van der Waals surface area contributed by atoms with Gasteiger partial charge >= 0.3 is 0 Å². The Hall–Kier alpha value is -1.92. The first kappa shape index (κ1) is 20.8. The molecule has 2 atom stereocenters. The van der Waals surface area contributed by atoms with Gasteiger partial charge in [-0.25, -0.2) is 5.43 Å². The number of benzene rings is 2. The van der Waals surface area contributed by atoms with Crippen molar-refractivity contribution in [3.63, 3.8) is 0 Å². The van der Waals surface area contributed by atoms with Crippen molar-refractivity contribution in [2.24, 2.45) is 5.92 Å². The van der Waals surface area contributed by atoms with Crippen LogP contribution >= 0.6 is 0 Å². The number of nitrogens with one attached hydrogen (secondary N) is 3. The van der Waals surface area contributed by atoms with E-state index < -0.39 is 0 Å². The minimum Gasteiger partial charge on any atom is -0.497 e. The standard InChI is InChI=1S/C23H34N4O/c1-17(2)27(3)16-19-7-5-6-18(12-19)13-24-14-21-15-25-26-23(21)20-8-10-22(28-4)11-9-20/h5-12,17,21,23-26H,13-16H2,1-4H3. The largest absolute Gasteiger partial charge is 0.497 e. The zero-order valence-electron chi connectivity index (χ0n) is 17.5. The third-order valence-corrected chi connectivity index (χ3v) is 5.61. The van der Waals surface area contributed by atoms with E-state index in [4.69, 9.17) is 4.74 Å². The summed E-state index contributed by atoms with van der Waals surface area (Å²) in [6.45, 7) is 8.27. The maximum Gasteiger partial charge on any atom is 0.118 e. The Balaban J connectivity index is 1.52. The van der Waals surface area contributed by atoms with Crippen LogP contribution in [0, 0.1) is 5.92 Å². The van der Waals surface area contributed by atoms with Gasteiger partial charge < -0.3 is 10.1 Å². The normalized spacial score (nSPS) is 19.5. The highest BCUT2D eigenvalue weighted by molar-refractivity contribution is 5.30. The molecule has 0 saturated carbocycles. The Bertz CT molecular complexity index is 732. The molecule has 1 heterocycles. The van der Waals surface area contributed by atoms with Gasteiger partial charge in [-0.05, 0) is 49.7 Å². The Labute approximate surface area is 169 Å². The number of hydrazine groups is 1. The minimum atomic E-state index is 0.310. The van der Waals surface area contributed by atoms with Crippen molar-refractivity contribution >= 4 is 0 Å². The van der Waals surface area contributed by atoms with E-state index in [9.17, 15) is 0 Å². The molecule has 152 valence electrons. The number of nitrogens with zero attached hydrogens (tertiary/aromatic N) is 1. The van der Waals surface area contributed by atoms with Crippen molar-refractivity contribution in [2.75, 3.05) is 27.2 Å². The lowest BCUT2D eigenvalue weighted by Gasteiger charge is -2.21. The number of rotatable bonds is 9. The van der Waals surface area contributed by atoms with Gasteiger partial charge in [0.25, 0.3) is 0 Å². The van der Waals surface area contributed by atoms with Crippen LogP contribution in [0.15, 0.2) is 48.5 Å². The van der Waals surface area contributed by atoms with Gasteiger partial charge in [0.1, 0.15) is 5.75 Å². The molecule has 2 aromatic carbocycles. The fourth-order valence-corrected chi connectivity index (χ4v) is 3.60. The van der Waals surface area contributed by atoms with Gasteiger partial charge in [-0.3, -0.25) is 10.3 Å².